The molecule has 0 unspecified atom stereocenters. The smallest absolute Gasteiger partial charge is 0.0652 e. The molecule has 17 heavy (non-hydrogen) atoms. The maximum absolute atomic E-state index is 8.93. The van der Waals surface area contributed by atoms with E-state index in [4.69, 9.17) is 5.21 Å². The summed E-state index contributed by atoms with van der Waals surface area (Å²) in [6, 6.07) is 0. The molecule has 2 nitrogen and oxygen atoms in total. The number of nitrogens with zero attached hydrogens (tertiary/aromatic N) is 1. The van der Waals surface area contributed by atoms with Crippen molar-refractivity contribution in [1.29, 1.82) is 0 Å². The van der Waals surface area contributed by atoms with Crippen LogP contribution in [0.25, 0.3) is 0 Å². The predicted molar refractivity (Wildman–Crippen MR) is 72.1 cm³/mol. The fourth-order valence-corrected chi connectivity index (χ4v) is 3.23. The molecule has 0 bridgehead atoms. The summed E-state index contributed by atoms with van der Waals surface area (Å²) in [6.45, 7) is 0. The Labute approximate surface area is 105 Å². The molecule has 86 valence electrons. The third kappa shape index (κ3) is 1.91. The van der Waals surface area contributed by atoms with E-state index in [1.54, 1.807) is 11.8 Å². The number of rotatable bonds is 0. The lowest BCUT2D eigenvalue weighted by Crippen LogP contribution is -2.09. The summed E-state index contributed by atoms with van der Waals surface area (Å²) in [5, 5.41) is 14.5. The summed E-state index contributed by atoms with van der Waals surface area (Å²) < 4.78 is 0. The van der Waals surface area contributed by atoms with Gasteiger partial charge in [0.2, 0.25) is 0 Å². The van der Waals surface area contributed by atoms with E-state index in [0.29, 0.717) is 0 Å². The Morgan fingerprint density at radius 3 is 3.06 bits per heavy atom. The first kappa shape index (κ1) is 10.7. The Kier molecular flexibility index (Phi) is 2.77. The summed E-state index contributed by atoms with van der Waals surface area (Å²) in [5.41, 5.74) is 4.85. The highest BCUT2D eigenvalue weighted by atomic mass is 32.2. The van der Waals surface area contributed by atoms with E-state index in [2.05, 4.69) is 40.9 Å². The van der Waals surface area contributed by atoms with Crippen LogP contribution in [-0.4, -0.2) is 10.9 Å². The maximum Gasteiger partial charge on any atom is 0.0652 e. The lowest BCUT2D eigenvalue weighted by atomic mass is 9.86. The van der Waals surface area contributed by atoms with Crippen molar-refractivity contribution in [2.75, 3.05) is 0 Å². The monoisotopic (exact) mass is 243 g/mol. The van der Waals surface area contributed by atoms with E-state index in [0.717, 1.165) is 25.0 Å². The molecule has 0 aromatic heterocycles. The van der Waals surface area contributed by atoms with Crippen LogP contribution in [-0.2, 0) is 0 Å². The topological polar surface area (TPSA) is 32.6 Å². The summed E-state index contributed by atoms with van der Waals surface area (Å²) in [4.78, 5) is 1.32. The van der Waals surface area contributed by atoms with E-state index in [1.165, 1.54) is 21.6 Å². The van der Waals surface area contributed by atoms with Gasteiger partial charge in [-0.05, 0) is 40.7 Å². The van der Waals surface area contributed by atoms with Crippen LogP contribution < -0.4 is 0 Å². The lowest BCUT2D eigenvalue weighted by Gasteiger charge is -2.20. The van der Waals surface area contributed by atoms with Crippen molar-refractivity contribution in [3.8, 4) is 0 Å². The standard InChI is InChI=1S/C14H13NOS/c16-15-11-6-5-10-7-8-17-14-4-2-1-3-12(14)13(10)9-11/h1-2,4-5,7-8,16H,3,6,9H2. The summed E-state index contributed by atoms with van der Waals surface area (Å²) >= 11 is 1.77. The molecule has 0 amide bonds. The molecule has 0 aromatic carbocycles. The maximum atomic E-state index is 8.93. The fourth-order valence-electron chi connectivity index (χ4n) is 2.36. The molecule has 1 heterocycles. The number of allylic oxidation sites excluding steroid dienone is 8. The number of oxime groups is 1. The highest BCUT2D eigenvalue weighted by molar-refractivity contribution is 8.06. The molecule has 3 aliphatic rings. The highest BCUT2D eigenvalue weighted by Crippen LogP contribution is 2.41. The van der Waals surface area contributed by atoms with Crippen LogP contribution in [0, 0.1) is 0 Å². The first-order valence-electron chi connectivity index (χ1n) is 5.71. The summed E-state index contributed by atoms with van der Waals surface area (Å²) in [6.07, 6.45) is 13.3. The number of thioether (sulfide) groups is 1. The van der Waals surface area contributed by atoms with Crippen LogP contribution in [0.2, 0.25) is 0 Å². The second-order valence-electron chi connectivity index (χ2n) is 4.25. The van der Waals surface area contributed by atoms with E-state index < -0.39 is 0 Å². The minimum atomic E-state index is 0.756. The van der Waals surface area contributed by atoms with Crippen LogP contribution in [0.4, 0.5) is 0 Å². The van der Waals surface area contributed by atoms with E-state index in [9.17, 15) is 0 Å². The molecule has 2 aliphatic carbocycles. The molecule has 0 fully saturated rings. The van der Waals surface area contributed by atoms with Crippen molar-refractivity contribution in [2.24, 2.45) is 5.16 Å². The van der Waals surface area contributed by atoms with Crippen LogP contribution in [0.1, 0.15) is 19.3 Å². The van der Waals surface area contributed by atoms with Gasteiger partial charge in [0.15, 0.2) is 0 Å². The number of hydrogen-bond acceptors (Lipinski definition) is 3. The zero-order chi connectivity index (χ0) is 11.7. The van der Waals surface area contributed by atoms with Gasteiger partial charge in [0, 0.05) is 17.7 Å². The Morgan fingerprint density at radius 2 is 2.18 bits per heavy atom. The molecule has 0 atom stereocenters. The van der Waals surface area contributed by atoms with Gasteiger partial charge in [-0.15, -0.1) is 0 Å². The van der Waals surface area contributed by atoms with Crippen LogP contribution in [0.3, 0.4) is 0 Å². The molecule has 0 aromatic rings. The Balaban J connectivity index is 2.13. The summed E-state index contributed by atoms with van der Waals surface area (Å²) in [7, 11) is 0. The molecule has 3 heteroatoms. The molecule has 0 saturated heterocycles. The van der Waals surface area contributed by atoms with Crippen molar-refractivity contribution in [3.63, 3.8) is 0 Å². The van der Waals surface area contributed by atoms with Gasteiger partial charge >= 0.3 is 0 Å². The second-order valence-corrected chi connectivity index (χ2v) is 5.20. The van der Waals surface area contributed by atoms with Gasteiger partial charge in [-0.1, -0.05) is 35.1 Å². The number of fused-ring (bicyclic) bond motifs is 2. The second kappa shape index (κ2) is 4.41. The molecule has 1 aliphatic heterocycles. The SMILES string of the molecule is ON=C1CC=C2C=CSC3=CC=CCC3=C2C1. The van der Waals surface area contributed by atoms with Gasteiger partial charge in [0.05, 0.1) is 5.71 Å². The normalized spacial score (nSPS) is 25.1. The molecule has 0 saturated carbocycles. The van der Waals surface area contributed by atoms with Crippen LogP contribution >= 0.6 is 11.8 Å². The Hall–Kier alpha value is -1.48. The Bertz CT molecular complexity index is 532. The molecular formula is C14H13NOS. The van der Waals surface area contributed by atoms with Gasteiger partial charge in [0.25, 0.3) is 0 Å². The van der Waals surface area contributed by atoms with Crippen molar-refractivity contribution in [2.45, 2.75) is 19.3 Å². The van der Waals surface area contributed by atoms with Gasteiger partial charge in [-0.3, -0.25) is 0 Å². The van der Waals surface area contributed by atoms with Gasteiger partial charge in [0.1, 0.15) is 0 Å². The van der Waals surface area contributed by atoms with E-state index in [-0.39, 0.29) is 0 Å². The minimum Gasteiger partial charge on any atom is -0.411 e. The number of hydrogen-bond donors (Lipinski definition) is 1. The Morgan fingerprint density at radius 1 is 1.24 bits per heavy atom. The van der Waals surface area contributed by atoms with E-state index >= 15 is 0 Å². The van der Waals surface area contributed by atoms with Gasteiger partial charge in [-0.25, -0.2) is 0 Å². The van der Waals surface area contributed by atoms with Gasteiger partial charge < -0.3 is 5.21 Å². The quantitative estimate of drug-likeness (QED) is 0.516. The van der Waals surface area contributed by atoms with Crippen molar-refractivity contribution >= 4 is 17.5 Å². The zero-order valence-electron chi connectivity index (χ0n) is 9.39. The molecular weight excluding hydrogens is 230 g/mol. The zero-order valence-corrected chi connectivity index (χ0v) is 10.2. The largest absolute Gasteiger partial charge is 0.411 e. The predicted octanol–water partition coefficient (Wildman–Crippen LogP) is 3.94. The van der Waals surface area contributed by atoms with Crippen molar-refractivity contribution < 1.29 is 5.21 Å². The van der Waals surface area contributed by atoms with Crippen LogP contribution in [0.5, 0.6) is 0 Å². The van der Waals surface area contributed by atoms with E-state index in [1.807, 2.05) is 0 Å². The van der Waals surface area contributed by atoms with Crippen LogP contribution in [0.15, 0.2) is 62.6 Å². The molecule has 1 N–H and O–H groups in total. The minimum absolute atomic E-state index is 0.756. The lowest BCUT2D eigenvalue weighted by molar-refractivity contribution is 0.317. The third-order valence-corrected chi connectivity index (χ3v) is 4.15. The van der Waals surface area contributed by atoms with Gasteiger partial charge in [-0.2, -0.15) is 0 Å². The van der Waals surface area contributed by atoms with Crippen molar-refractivity contribution in [3.05, 3.63) is 57.4 Å². The average Bonchev–Trinajstić information content (AvgIpc) is 2.57. The molecule has 0 spiro atoms. The van der Waals surface area contributed by atoms with Crippen molar-refractivity contribution in [1.82, 2.24) is 0 Å². The molecule has 0 radical (unpaired) electrons. The third-order valence-electron chi connectivity index (χ3n) is 3.24. The molecule has 3 rings (SSSR count). The summed E-state index contributed by atoms with van der Waals surface area (Å²) in [5.74, 6) is 0. The first-order chi connectivity index (χ1) is 8.38. The first-order valence-corrected chi connectivity index (χ1v) is 6.59. The fraction of sp³-hybridized carbons (Fsp3) is 0.214. The highest BCUT2D eigenvalue weighted by Gasteiger charge is 2.21. The average molecular weight is 243 g/mol.